The number of esters is 2. The number of rotatable bonds is 7. The zero-order valence-corrected chi connectivity index (χ0v) is 12.8. The molecule has 0 aliphatic rings. The lowest BCUT2D eigenvalue weighted by Gasteiger charge is -2.11. The highest BCUT2D eigenvalue weighted by Crippen LogP contribution is 2.16. The first-order valence-electron chi connectivity index (χ1n) is 6.60. The molecule has 0 saturated heterocycles. The van der Waals surface area contributed by atoms with Gasteiger partial charge in [-0.3, -0.25) is 4.79 Å². The molecule has 0 heterocycles. The summed E-state index contributed by atoms with van der Waals surface area (Å²) in [6.45, 7) is 3.98. The maximum Gasteiger partial charge on any atom is 0.332 e. The van der Waals surface area contributed by atoms with Crippen molar-refractivity contribution >= 4 is 29.2 Å². The summed E-state index contributed by atoms with van der Waals surface area (Å²) in [4.78, 5) is 23.1. The summed E-state index contributed by atoms with van der Waals surface area (Å²) in [6, 6.07) is 6.89. The molecule has 0 aliphatic carbocycles. The van der Waals surface area contributed by atoms with E-state index in [1.54, 1.807) is 38.1 Å². The molecular formula is C15H18ClNO4. The predicted octanol–water partition coefficient (Wildman–Crippen LogP) is 3.15. The molecule has 0 amide bonds. The molecule has 0 unspecified atom stereocenters. The van der Waals surface area contributed by atoms with E-state index in [0.29, 0.717) is 16.4 Å². The van der Waals surface area contributed by atoms with Crippen LogP contribution >= 0.6 is 11.6 Å². The number of nitrogens with one attached hydrogen (secondary N) is 1. The lowest BCUT2D eigenvalue weighted by atomic mass is 10.2. The molecule has 0 saturated carbocycles. The van der Waals surface area contributed by atoms with Crippen molar-refractivity contribution in [3.05, 3.63) is 41.1 Å². The molecule has 1 aromatic carbocycles. The van der Waals surface area contributed by atoms with Crippen LogP contribution in [0.15, 0.2) is 36.0 Å². The van der Waals surface area contributed by atoms with Gasteiger partial charge in [0.25, 0.3) is 0 Å². The van der Waals surface area contributed by atoms with Crippen LogP contribution in [0.1, 0.15) is 20.3 Å². The van der Waals surface area contributed by atoms with Gasteiger partial charge in [0.15, 0.2) is 0 Å². The molecular weight excluding hydrogens is 294 g/mol. The molecule has 114 valence electrons. The van der Waals surface area contributed by atoms with E-state index in [2.05, 4.69) is 5.32 Å². The van der Waals surface area contributed by atoms with Gasteiger partial charge in [-0.25, -0.2) is 4.79 Å². The fraction of sp³-hybridized carbons (Fsp3) is 0.333. The first kappa shape index (κ1) is 17.0. The van der Waals surface area contributed by atoms with Gasteiger partial charge in [-0.15, -0.1) is 0 Å². The first-order chi connectivity index (χ1) is 10.0. The van der Waals surface area contributed by atoms with Gasteiger partial charge in [0.2, 0.25) is 0 Å². The Balaban J connectivity index is 2.82. The van der Waals surface area contributed by atoms with Gasteiger partial charge in [0.05, 0.1) is 19.6 Å². The van der Waals surface area contributed by atoms with Crippen LogP contribution in [0.2, 0.25) is 5.02 Å². The van der Waals surface area contributed by atoms with E-state index in [-0.39, 0.29) is 19.6 Å². The zero-order chi connectivity index (χ0) is 15.7. The fourth-order valence-electron chi connectivity index (χ4n) is 1.54. The Morgan fingerprint density at radius 1 is 1.14 bits per heavy atom. The van der Waals surface area contributed by atoms with E-state index in [1.807, 2.05) is 0 Å². The van der Waals surface area contributed by atoms with Gasteiger partial charge in [-0.2, -0.15) is 0 Å². The highest BCUT2D eigenvalue weighted by atomic mass is 35.5. The molecule has 0 bridgehead atoms. The molecule has 1 aromatic rings. The molecule has 0 radical (unpaired) electrons. The van der Waals surface area contributed by atoms with Crippen LogP contribution < -0.4 is 5.32 Å². The summed E-state index contributed by atoms with van der Waals surface area (Å²) in [5, 5.41) is 3.58. The predicted molar refractivity (Wildman–Crippen MR) is 81.0 cm³/mol. The van der Waals surface area contributed by atoms with E-state index in [9.17, 15) is 9.59 Å². The number of hydrogen-bond donors (Lipinski definition) is 1. The third kappa shape index (κ3) is 6.81. The second kappa shape index (κ2) is 9.02. The quantitative estimate of drug-likeness (QED) is 0.619. The summed E-state index contributed by atoms with van der Waals surface area (Å²) in [6.07, 6.45) is 1.20. The third-order valence-corrected chi connectivity index (χ3v) is 2.62. The number of carbonyl (C=O) groups is 2. The second-order valence-corrected chi connectivity index (χ2v) is 4.47. The van der Waals surface area contributed by atoms with E-state index in [0.717, 1.165) is 0 Å². The molecule has 0 atom stereocenters. The Hall–Kier alpha value is -2.01. The van der Waals surface area contributed by atoms with Crippen LogP contribution in [-0.4, -0.2) is 25.2 Å². The Morgan fingerprint density at radius 2 is 1.76 bits per heavy atom. The number of anilines is 1. The Bertz CT molecular complexity index is 511. The van der Waals surface area contributed by atoms with Crippen molar-refractivity contribution in [1.82, 2.24) is 0 Å². The molecule has 0 fully saturated rings. The number of halogens is 1. The minimum Gasteiger partial charge on any atom is -0.466 e. The maximum atomic E-state index is 11.6. The van der Waals surface area contributed by atoms with E-state index < -0.39 is 11.9 Å². The van der Waals surface area contributed by atoms with E-state index in [4.69, 9.17) is 21.1 Å². The maximum absolute atomic E-state index is 11.6. The Labute approximate surface area is 128 Å². The number of carbonyl (C=O) groups excluding carboxylic acids is 2. The largest absolute Gasteiger partial charge is 0.466 e. The van der Waals surface area contributed by atoms with Crippen molar-refractivity contribution in [2.45, 2.75) is 20.3 Å². The second-order valence-electron chi connectivity index (χ2n) is 4.04. The monoisotopic (exact) mass is 311 g/mol. The highest BCUT2D eigenvalue weighted by molar-refractivity contribution is 6.30. The van der Waals surface area contributed by atoms with Crippen LogP contribution in [0.3, 0.4) is 0 Å². The van der Waals surface area contributed by atoms with Gasteiger partial charge >= 0.3 is 11.9 Å². The summed E-state index contributed by atoms with van der Waals surface area (Å²) in [5.74, 6) is -0.937. The van der Waals surface area contributed by atoms with Crippen LogP contribution in [0.5, 0.6) is 0 Å². The van der Waals surface area contributed by atoms with Crippen LogP contribution in [0.4, 0.5) is 5.69 Å². The lowest BCUT2D eigenvalue weighted by molar-refractivity contribution is -0.142. The van der Waals surface area contributed by atoms with Crippen molar-refractivity contribution in [2.24, 2.45) is 0 Å². The molecule has 1 rings (SSSR count). The Kier molecular flexibility index (Phi) is 7.32. The number of ether oxygens (including phenoxy) is 2. The average Bonchev–Trinajstić information content (AvgIpc) is 2.41. The van der Waals surface area contributed by atoms with Crippen LogP contribution in [-0.2, 0) is 19.1 Å². The van der Waals surface area contributed by atoms with Gasteiger partial charge in [-0.05, 0) is 38.1 Å². The number of hydrogen-bond acceptors (Lipinski definition) is 5. The molecule has 1 N–H and O–H groups in total. The van der Waals surface area contributed by atoms with E-state index in [1.165, 1.54) is 6.08 Å². The van der Waals surface area contributed by atoms with Gasteiger partial charge in [0, 0.05) is 22.5 Å². The minimum absolute atomic E-state index is 0.0463. The van der Waals surface area contributed by atoms with Crippen molar-refractivity contribution in [1.29, 1.82) is 0 Å². The van der Waals surface area contributed by atoms with Gasteiger partial charge < -0.3 is 14.8 Å². The molecule has 21 heavy (non-hydrogen) atoms. The summed E-state index contributed by atoms with van der Waals surface area (Å²) in [5.41, 5.74) is 1.11. The van der Waals surface area contributed by atoms with Crippen LogP contribution in [0.25, 0.3) is 0 Å². The van der Waals surface area contributed by atoms with Crippen molar-refractivity contribution in [2.75, 3.05) is 18.5 Å². The topological polar surface area (TPSA) is 64.6 Å². The van der Waals surface area contributed by atoms with Crippen molar-refractivity contribution in [3.63, 3.8) is 0 Å². The third-order valence-electron chi connectivity index (χ3n) is 2.37. The standard InChI is InChI=1S/C15H18ClNO4/c1-3-20-14(18)9-13(10-15(19)21-4-2)17-12-7-5-11(16)6-8-12/h5-9,17H,3-4,10H2,1-2H3/b13-9-. The SMILES string of the molecule is CCOC(=O)/C=C(/CC(=O)OCC)Nc1ccc(Cl)cc1. The lowest BCUT2D eigenvalue weighted by Crippen LogP contribution is -2.12. The summed E-state index contributed by atoms with van der Waals surface area (Å²) in [7, 11) is 0. The number of benzene rings is 1. The highest BCUT2D eigenvalue weighted by Gasteiger charge is 2.10. The smallest absolute Gasteiger partial charge is 0.332 e. The summed E-state index contributed by atoms with van der Waals surface area (Å²) >= 11 is 5.81. The van der Waals surface area contributed by atoms with Gasteiger partial charge in [-0.1, -0.05) is 11.6 Å². The molecule has 0 spiro atoms. The Morgan fingerprint density at radius 3 is 2.33 bits per heavy atom. The molecule has 0 aromatic heterocycles. The van der Waals surface area contributed by atoms with Crippen molar-refractivity contribution in [3.8, 4) is 0 Å². The molecule has 6 heteroatoms. The normalized spacial score (nSPS) is 10.9. The minimum atomic E-state index is -0.515. The first-order valence-corrected chi connectivity index (χ1v) is 6.98. The van der Waals surface area contributed by atoms with Gasteiger partial charge in [0.1, 0.15) is 0 Å². The summed E-state index contributed by atoms with van der Waals surface area (Å²) < 4.78 is 9.72. The van der Waals surface area contributed by atoms with Crippen molar-refractivity contribution < 1.29 is 19.1 Å². The average molecular weight is 312 g/mol. The van der Waals surface area contributed by atoms with Crippen LogP contribution in [0, 0.1) is 0 Å². The fourth-order valence-corrected chi connectivity index (χ4v) is 1.67. The van der Waals surface area contributed by atoms with E-state index >= 15 is 0 Å². The molecule has 0 aliphatic heterocycles. The molecule has 5 nitrogen and oxygen atoms in total. The zero-order valence-electron chi connectivity index (χ0n) is 12.0.